The summed E-state index contributed by atoms with van der Waals surface area (Å²) in [6.07, 6.45) is 2.81. The number of rotatable bonds is 4. The van der Waals surface area contributed by atoms with E-state index >= 15 is 0 Å². The second kappa shape index (κ2) is 5.86. The van der Waals surface area contributed by atoms with Crippen LogP contribution in [0.15, 0.2) is 0 Å². The highest BCUT2D eigenvalue weighted by Gasteiger charge is 2.67. The number of nitrogens with zero attached hydrogens (tertiary/aromatic N) is 3. The van der Waals surface area contributed by atoms with E-state index in [4.69, 9.17) is 0 Å². The van der Waals surface area contributed by atoms with Gasteiger partial charge in [0.25, 0.3) is 0 Å². The third kappa shape index (κ3) is 2.70. The number of piperidine rings is 1. The van der Waals surface area contributed by atoms with Gasteiger partial charge in [0, 0.05) is 12.5 Å². The quantitative estimate of drug-likeness (QED) is 0.880. The Kier molecular flexibility index (Phi) is 4.13. The van der Waals surface area contributed by atoms with Crippen LogP contribution in [0.25, 0.3) is 0 Å². The molecule has 3 atom stereocenters. The summed E-state index contributed by atoms with van der Waals surface area (Å²) in [4.78, 5) is 30.8. The predicted octanol–water partition coefficient (Wildman–Crippen LogP) is 2.34. The molecular weight excluding hydrogens is 308 g/mol. The minimum Gasteiger partial charge on any atom is -0.481 e. The summed E-state index contributed by atoms with van der Waals surface area (Å²) < 4.78 is 0. The molecule has 1 aliphatic carbocycles. The van der Waals surface area contributed by atoms with Crippen molar-refractivity contribution in [3.8, 4) is 0 Å². The zero-order chi connectivity index (χ0) is 17.6. The van der Waals surface area contributed by atoms with E-state index in [0.29, 0.717) is 6.54 Å². The number of carboxylic acid groups (broad SMARTS) is 1. The molecule has 2 fully saturated rings. The molecule has 1 amide bonds. The minimum atomic E-state index is -0.881. The maximum Gasteiger partial charge on any atom is 0.307 e. The molecule has 7 nitrogen and oxygen atoms in total. The van der Waals surface area contributed by atoms with Gasteiger partial charge in [-0.15, -0.1) is 0 Å². The van der Waals surface area contributed by atoms with E-state index in [0.717, 1.165) is 30.9 Å². The van der Waals surface area contributed by atoms with Crippen molar-refractivity contribution in [2.24, 2.45) is 17.3 Å². The number of nitrogens with one attached hydrogen (secondary N) is 1. The Morgan fingerprint density at radius 3 is 2.54 bits per heavy atom. The number of hydrogen-bond acceptors (Lipinski definition) is 4. The summed E-state index contributed by atoms with van der Waals surface area (Å²) in [5.41, 5.74) is -0.477. The second-order valence-corrected chi connectivity index (χ2v) is 7.89. The standard InChI is InChI=1S/C17H26N4O3/c1-9(2)13-18-14(20-19-13)10-7-5-6-8-21(10)15(22)11-12(16(23)24)17(11,3)4/h9-12H,5-8H2,1-4H3,(H,23,24)(H,18,19,20)/t10?,11-,12+/m0/s1. The maximum absolute atomic E-state index is 13.0. The summed E-state index contributed by atoms with van der Waals surface area (Å²) in [6.45, 7) is 8.43. The number of carboxylic acids is 1. The van der Waals surface area contributed by atoms with E-state index in [2.05, 4.69) is 15.2 Å². The molecule has 1 saturated carbocycles. The highest BCUT2D eigenvalue weighted by Crippen LogP contribution is 2.59. The SMILES string of the molecule is CC(C)c1n[nH]c(C2CCCCN2C(=O)[C@@H]2[C@H](C(=O)O)C2(C)C)n1. The van der Waals surface area contributed by atoms with Crippen molar-refractivity contribution in [2.45, 2.75) is 58.9 Å². The molecule has 0 bridgehead atoms. The summed E-state index contributed by atoms with van der Waals surface area (Å²) in [6, 6.07) is -0.128. The number of hydrogen-bond donors (Lipinski definition) is 2. The molecule has 2 heterocycles. The fourth-order valence-corrected chi connectivity index (χ4v) is 3.91. The van der Waals surface area contributed by atoms with Gasteiger partial charge in [-0.2, -0.15) is 5.10 Å². The fraction of sp³-hybridized carbons (Fsp3) is 0.765. The molecule has 0 spiro atoms. The van der Waals surface area contributed by atoms with Crippen molar-refractivity contribution < 1.29 is 14.7 Å². The molecule has 1 aliphatic heterocycles. The smallest absolute Gasteiger partial charge is 0.307 e. The molecule has 3 rings (SSSR count). The molecule has 0 radical (unpaired) electrons. The molecule has 7 heteroatoms. The van der Waals surface area contributed by atoms with Gasteiger partial charge in [-0.25, -0.2) is 4.98 Å². The third-order valence-corrected chi connectivity index (χ3v) is 5.50. The largest absolute Gasteiger partial charge is 0.481 e. The number of H-pyrrole nitrogens is 1. The summed E-state index contributed by atoms with van der Waals surface area (Å²) in [5, 5.41) is 16.6. The van der Waals surface area contributed by atoms with Crippen LogP contribution in [-0.4, -0.2) is 43.6 Å². The molecule has 24 heavy (non-hydrogen) atoms. The van der Waals surface area contributed by atoms with Crippen LogP contribution in [-0.2, 0) is 9.59 Å². The third-order valence-electron chi connectivity index (χ3n) is 5.50. The van der Waals surface area contributed by atoms with Crippen molar-refractivity contribution >= 4 is 11.9 Å². The lowest BCUT2D eigenvalue weighted by molar-refractivity contribution is -0.143. The number of aromatic amines is 1. The molecule has 1 aromatic rings. The average Bonchev–Trinajstić information content (AvgIpc) is 2.88. The van der Waals surface area contributed by atoms with Gasteiger partial charge in [0.15, 0.2) is 5.82 Å². The number of carbonyl (C=O) groups is 2. The molecule has 0 aromatic carbocycles. The highest BCUT2D eigenvalue weighted by atomic mass is 16.4. The van der Waals surface area contributed by atoms with Gasteiger partial charge < -0.3 is 10.0 Å². The molecule has 1 saturated heterocycles. The zero-order valence-corrected chi connectivity index (χ0v) is 14.7. The van der Waals surface area contributed by atoms with Crippen LogP contribution >= 0.6 is 0 Å². The van der Waals surface area contributed by atoms with Gasteiger partial charge in [-0.3, -0.25) is 14.7 Å². The van der Waals surface area contributed by atoms with Gasteiger partial charge in [-0.05, 0) is 24.7 Å². The predicted molar refractivity (Wildman–Crippen MR) is 87.2 cm³/mol. The van der Waals surface area contributed by atoms with Gasteiger partial charge >= 0.3 is 5.97 Å². The van der Waals surface area contributed by atoms with Crippen LogP contribution in [0.5, 0.6) is 0 Å². The van der Waals surface area contributed by atoms with E-state index in [-0.39, 0.29) is 17.9 Å². The Morgan fingerprint density at radius 2 is 2.00 bits per heavy atom. The highest BCUT2D eigenvalue weighted by molar-refractivity contribution is 5.91. The maximum atomic E-state index is 13.0. The monoisotopic (exact) mass is 334 g/mol. The summed E-state index contributed by atoms with van der Waals surface area (Å²) >= 11 is 0. The van der Waals surface area contributed by atoms with Crippen molar-refractivity contribution in [3.63, 3.8) is 0 Å². The van der Waals surface area contributed by atoms with Gasteiger partial charge in [0.05, 0.1) is 17.9 Å². The van der Waals surface area contributed by atoms with E-state index in [1.165, 1.54) is 0 Å². The second-order valence-electron chi connectivity index (χ2n) is 7.89. The summed E-state index contributed by atoms with van der Waals surface area (Å²) in [7, 11) is 0. The zero-order valence-electron chi connectivity index (χ0n) is 14.7. The Morgan fingerprint density at radius 1 is 1.29 bits per heavy atom. The number of aromatic nitrogens is 3. The topological polar surface area (TPSA) is 99.2 Å². The van der Waals surface area contributed by atoms with Crippen molar-refractivity contribution in [2.75, 3.05) is 6.54 Å². The first kappa shape index (κ1) is 16.9. The van der Waals surface area contributed by atoms with E-state index < -0.39 is 23.2 Å². The van der Waals surface area contributed by atoms with E-state index in [1.54, 1.807) is 0 Å². The molecular formula is C17H26N4O3. The lowest BCUT2D eigenvalue weighted by Crippen LogP contribution is -2.40. The molecule has 2 aliphatic rings. The number of amides is 1. The fourth-order valence-electron chi connectivity index (χ4n) is 3.91. The van der Waals surface area contributed by atoms with Gasteiger partial charge in [-0.1, -0.05) is 27.7 Å². The number of carbonyl (C=O) groups excluding carboxylic acids is 1. The normalized spacial score (nSPS) is 28.9. The Bertz CT molecular complexity index is 652. The Balaban J connectivity index is 1.82. The van der Waals surface area contributed by atoms with Crippen LogP contribution in [0.3, 0.4) is 0 Å². The Hall–Kier alpha value is -1.92. The van der Waals surface area contributed by atoms with Crippen molar-refractivity contribution in [1.29, 1.82) is 0 Å². The first-order valence-electron chi connectivity index (χ1n) is 8.70. The van der Waals surface area contributed by atoms with Crippen LogP contribution in [0.2, 0.25) is 0 Å². The molecule has 2 N–H and O–H groups in total. The molecule has 1 aromatic heterocycles. The van der Waals surface area contributed by atoms with Gasteiger partial charge in [0.1, 0.15) is 5.82 Å². The van der Waals surface area contributed by atoms with Crippen LogP contribution in [0.1, 0.15) is 70.6 Å². The van der Waals surface area contributed by atoms with Crippen molar-refractivity contribution in [1.82, 2.24) is 20.1 Å². The van der Waals surface area contributed by atoms with Crippen molar-refractivity contribution in [3.05, 3.63) is 11.6 Å². The van der Waals surface area contributed by atoms with Crippen LogP contribution < -0.4 is 0 Å². The van der Waals surface area contributed by atoms with Crippen LogP contribution in [0.4, 0.5) is 0 Å². The number of likely N-dealkylation sites (tertiary alicyclic amines) is 1. The van der Waals surface area contributed by atoms with E-state index in [1.807, 2.05) is 32.6 Å². The van der Waals surface area contributed by atoms with E-state index in [9.17, 15) is 14.7 Å². The van der Waals surface area contributed by atoms with Crippen LogP contribution in [0, 0.1) is 17.3 Å². The first-order chi connectivity index (χ1) is 11.2. The number of aliphatic carboxylic acids is 1. The molecule has 1 unspecified atom stereocenters. The Labute approximate surface area is 141 Å². The summed E-state index contributed by atoms with van der Waals surface area (Å²) in [5.74, 6) is -0.276. The first-order valence-corrected chi connectivity index (χ1v) is 8.70. The lowest BCUT2D eigenvalue weighted by Gasteiger charge is -2.35. The lowest BCUT2D eigenvalue weighted by atomic mass is 9.99. The van der Waals surface area contributed by atoms with Gasteiger partial charge in [0.2, 0.25) is 5.91 Å². The minimum absolute atomic E-state index is 0.0559. The molecule has 132 valence electrons. The average molecular weight is 334 g/mol.